The Labute approximate surface area is 117 Å². The van der Waals surface area contributed by atoms with Gasteiger partial charge in [0.2, 0.25) is 0 Å². The standard InChI is InChI=1S/C16H15NOS/c1-11-4-2-5-12(10-11)19-16-9-8-13-14(17-16)6-3-7-15(13)18/h2,4-5,8-10H,3,6-7H2,1H3. The van der Waals surface area contributed by atoms with Gasteiger partial charge in [0, 0.05) is 16.9 Å². The van der Waals surface area contributed by atoms with E-state index >= 15 is 0 Å². The Kier molecular flexibility index (Phi) is 3.38. The predicted molar refractivity (Wildman–Crippen MR) is 76.8 cm³/mol. The predicted octanol–water partition coefficient (Wildman–Crippen LogP) is 4.06. The summed E-state index contributed by atoms with van der Waals surface area (Å²) in [6, 6.07) is 12.3. The molecule has 0 spiro atoms. The molecule has 0 radical (unpaired) electrons. The fourth-order valence-corrected chi connectivity index (χ4v) is 3.26. The molecule has 1 aromatic carbocycles. The molecule has 0 unspecified atom stereocenters. The van der Waals surface area contributed by atoms with Crippen LogP contribution in [0.5, 0.6) is 0 Å². The van der Waals surface area contributed by atoms with E-state index in [1.165, 1.54) is 10.5 Å². The minimum absolute atomic E-state index is 0.237. The van der Waals surface area contributed by atoms with Crippen LogP contribution in [0, 0.1) is 6.92 Å². The maximum Gasteiger partial charge on any atom is 0.164 e. The molecule has 2 aromatic rings. The van der Waals surface area contributed by atoms with Crippen LogP contribution in [-0.2, 0) is 6.42 Å². The molecule has 0 saturated carbocycles. The molecule has 0 atom stereocenters. The maximum atomic E-state index is 11.8. The monoisotopic (exact) mass is 269 g/mol. The largest absolute Gasteiger partial charge is 0.294 e. The van der Waals surface area contributed by atoms with Crippen LogP contribution >= 0.6 is 11.8 Å². The molecule has 0 bridgehead atoms. The van der Waals surface area contributed by atoms with Gasteiger partial charge in [0.15, 0.2) is 5.78 Å². The molecule has 1 aliphatic carbocycles. The zero-order chi connectivity index (χ0) is 13.2. The van der Waals surface area contributed by atoms with Gasteiger partial charge in [0.25, 0.3) is 0 Å². The molecule has 3 rings (SSSR count). The number of hydrogen-bond acceptors (Lipinski definition) is 3. The first-order valence-electron chi connectivity index (χ1n) is 6.50. The van der Waals surface area contributed by atoms with Gasteiger partial charge < -0.3 is 0 Å². The maximum absolute atomic E-state index is 11.8. The number of rotatable bonds is 2. The van der Waals surface area contributed by atoms with E-state index in [1.807, 2.05) is 12.1 Å². The molecule has 0 amide bonds. The zero-order valence-corrected chi connectivity index (χ0v) is 11.7. The first-order valence-corrected chi connectivity index (χ1v) is 7.32. The smallest absolute Gasteiger partial charge is 0.164 e. The number of nitrogens with zero attached hydrogens (tertiary/aromatic N) is 1. The molecule has 19 heavy (non-hydrogen) atoms. The van der Waals surface area contributed by atoms with Crippen LogP contribution in [0.25, 0.3) is 0 Å². The van der Waals surface area contributed by atoms with Gasteiger partial charge in [-0.25, -0.2) is 4.98 Å². The number of hydrogen-bond donors (Lipinski definition) is 0. The van der Waals surface area contributed by atoms with E-state index in [2.05, 4.69) is 36.2 Å². The van der Waals surface area contributed by atoms with Gasteiger partial charge in [-0.3, -0.25) is 4.79 Å². The van der Waals surface area contributed by atoms with Crippen molar-refractivity contribution in [2.75, 3.05) is 0 Å². The normalized spacial score (nSPS) is 14.3. The highest BCUT2D eigenvalue weighted by atomic mass is 32.2. The highest BCUT2D eigenvalue weighted by Gasteiger charge is 2.18. The van der Waals surface area contributed by atoms with Crippen LogP contribution in [0.3, 0.4) is 0 Å². The average Bonchev–Trinajstić information content (AvgIpc) is 2.39. The molecule has 1 aromatic heterocycles. The van der Waals surface area contributed by atoms with Crippen LogP contribution in [0.4, 0.5) is 0 Å². The Hall–Kier alpha value is -1.61. The number of aryl methyl sites for hydroxylation is 2. The third kappa shape index (κ3) is 2.71. The van der Waals surface area contributed by atoms with Gasteiger partial charge in [0.1, 0.15) is 5.03 Å². The number of ketones is 1. The summed E-state index contributed by atoms with van der Waals surface area (Å²) in [6.07, 6.45) is 2.51. The lowest BCUT2D eigenvalue weighted by Gasteiger charge is -2.14. The molecule has 0 N–H and O–H groups in total. The Bertz CT molecular complexity index is 636. The second kappa shape index (κ2) is 5.17. The Balaban J connectivity index is 1.88. The summed E-state index contributed by atoms with van der Waals surface area (Å²) in [5, 5.41) is 0.971. The molecule has 1 heterocycles. The molecular weight excluding hydrogens is 254 g/mol. The lowest BCUT2D eigenvalue weighted by atomic mass is 9.95. The summed E-state index contributed by atoms with van der Waals surface area (Å²) in [6.45, 7) is 2.09. The Morgan fingerprint density at radius 1 is 1.16 bits per heavy atom. The molecule has 0 aliphatic heterocycles. The van der Waals surface area contributed by atoms with Crippen LogP contribution < -0.4 is 0 Å². The van der Waals surface area contributed by atoms with Gasteiger partial charge in [-0.05, 0) is 44.0 Å². The summed E-state index contributed by atoms with van der Waals surface area (Å²) >= 11 is 1.65. The Morgan fingerprint density at radius 2 is 2.05 bits per heavy atom. The highest BCUT2D eigenvalue weighted by molar-refractivity contribution is 7.99. The highest BCUT2D eigenvalue weighted by Crippen LogP contribution is 2.29. The van der Waals surface area contributed by atoms with Gasteiger partial charge in [-0.2, -0.15) is 0 Å². The van der Waals surface area contributed by atoms with Crippen LogP contribution in [0.15, 0.2) is 46.3 Å². The van der Waals surface area contributed by atoms with Crippen LogP contribution in [0.1, 0.15) is 34.5 Å². The lowest BCUT2D eigenvalue weighted by molar-refractivity contribution is 0.0971. The summed E-state index contributed by atoms with van der Waals surface area (Å²) in [5.74, 6) is 0.237. The third-order valence-electron chi connectivity index (χ3n) is 3.28. The van der Waals surface area contributed by atoms with E-state index in [1.54, 1.807) is 11.8 Å². The minimum atomic E-state index is 0.237. The first-order chi connectivity index (χ1) is 9.22. The number of fused-ring (bicyclic) bond motifs is 1. The summed E-state index contributed by atoms with van der Waals surface area (Å²) in [5.41, 5.74) is 3.03. The lowest BCUT2D eigenvalue weighted by Crippen LogP contribution is -2.12. The van der Waals surface area contributed by atoms with Crippen molar-refractivity contribution < 1.29 is 4.79 Å². The number of carbonyl (C=O) groups excluding carboxylic acids is 1. The van der Waals surface area contributed by atoms with E-state index in [9.17, 15) is 4.79 Å². The van der Waals surface area contributed by atoms with Crippen molar-refractivity contribution >= 4 is 17.5 Å². The van der Waals surface area contributed by atoms with E-state index in [0.717, 1.165) is 29.1 Å². The van der Waals surface area contributed by atoms with Crippen molar-refractivity contribution in [1.29, 1.82) is 0 Å². The number of benzene rings is 1. The molecule has 0 saturated heterocycles. The summed E-state index contributed by atoms with van der Waals surface area (Å²) < 4.78 is 0. The third-order valence-corrected chi connectivity index (χ3v) is 4.20. The van der Waals surface area contributed by atoms with Crippen molar-refractivity contribution in [3.05, 3.63) is 53.2 Å². The second-order valence-corrected chi connectivity index (χ2v) is 5.93. The van der Waals surface area contributed by atoms with E-state index < -0.39 is 0 Å². The average molecular weight is 269 g/mol. The SMILES string of the molecule is Cc1cccc(Sc2ccc3c(n2)CCCC3=O)c1. The van der Waals surface area contributed by atoms with Crippen molar-refractivity contribution in [2.45, 2.75) is 36.1 Å². The van der Waals surface area contributed by atoms with Gasteiger partial charge in [-0.15, -0.1) is 0 Å². The second-order valence-electron chi connectivity index (χ2n) is 4.84. The van der Waals surface area contributed by atoms with E-state index in [-0.39, 0.29) is 5.78 Å². The van der Waals surface area contributed by atoms with E-state index in [0.29, 0.717) is 6.42 Å². The number of aromatic nitrogens is 1. The quantitative estimate of drug-likeness (QED) is 0.823. The van der Waals surface area contributed by atoms with Crippen molar-refractivity contribution in [2.24, 2.45) is 0 Å². The van der Waals surface area contributed by atoms with Gasteiger partial charge in [0.05, 0.1) is 5.69 Å². The van der Waals surface area contributed by atoms with Crippen LogP contribution in [0.2, 0.25) is 0 Å². The number of pyridine rings is 1. The Morgan fingerprint density at radius 3 is 2.89 bits per heavy atom. The van der Waals surface area contributed by atoms with Crippen molar-refractivity contribution in [3.8, 4) is 0 Å². The first kappa shape index (κ1) is 12.4. The molecule has 0 fully saturated rings. The number of Topliss-reactive ketones (excluding diaryl/α,β-unsaturated/α-hetero) is 1. The zero-order valence-electron chi connectivity index (χ0n) is 10.8. The van der Waals surface area contributed by atoms with Gasteiger partial charge in [-0.1, -0.05) is 29.5 Å². The topological polar surface area (TPSA) is 30.0 Å². The number of carbonyl (C=O) groups is 1. The molecule has 2 nitrogen and oxygen atoms in total. The van der Waals surface area contributed by atoms with E-state index in [4.69, 9.17) is 0 Å². The van der Waals surface area contributed by atoms with Crippen molar-refractivity contribution in [3.63, 3.8) is 0 Å². The minimum Gasteiger partial charge on any atom is -0.294 e. The van der Waals surface area contributed by atoms with Crippen molar-refractivity contribution in [1.82, 2.24) is 4.98 Å². The van der Waals surface area contributed by atoms with Gasteiger partial charge >= 0.3 is 0 Å². The summed E-state index contributed by atoms with van der Waals surface area (Å²) in [7, 11) is 0. The molecule has 96 valence electrons. The molecular formula is C16H15NOS. The summed E-state index contributed by atoms with van der Waals surface area (Å²) in [4.78, 5) is 17.6. The van der Waals surface area contributed by atoms with Crippen LogP contribution in [-0.4, -0.2) is 10.8 Å². The fraction of sp³-hybridized carbons (Fsp3) is 0.250. The fourth-order valence-electron chi connectivity index (χ4n) is 2.33. The molecule has 1 aliphatic rings. The molecule has 3 heteroatoms.